The summed E-state index contributed by atoms with van der Waals surface area (Å²) in [6.07, 6.45) is 2.29. The Balaban J connectivity index is 1.93. The zero-order valence-corrected chi connectivity index (χ0v) is 11.2. The lowest BCUT2D eigenvalue weighted by Gasteiger charge is -2.12. The zero-order valence-electron chi connectivity index (χ0n) is 9.63. The summed E-state index contributed by atoms with van der Waals surface area (Å²) in [7, 11) is 0. The molecule has 1 aromatic rings. The number of halogens is 1. The van der Waals surface area contributed by atoms with Crippen molar-refractivity contribution in [2.24, 2.45) is 5.92 Å². The normalized spacial score (nSPS) is 20.0. The molecule has 1 aliphatic rings. The van der Waals surface area contributed by atoms with E-state index < -0.39 is 0 Å². The van der Waals surface area contributed by atoms with Crippen LogP contribution < -0.4 is 10.1 Å². The van der Waals surface area contributed by atoms with E-state index in [4.69, 9.17) is 4.74 Å². The maximum atomic E-state index is 5.83. The van der Waals surface area contributed by atoms with Gasteiger partial charge >= 0.3 is 0 Å². The van der Waals surface area contributed by atoms with Crippen molar-refractivity contribution < 1.29 is 4.74 Å². The van der Waals surface area contributed by atoms with Crippen molar-refractivity contribution in [2.45, 2.75) is 19.8 Å². The molecule has 16 heavy (non-hydrogen) atoms. The van der Waals surface area contributed by atoms with E-state index in [1.54, 1.807) is 0 Å². The molecule has 0 radical (unpaired) electrons. The van der Waals surface area contributed by atoms with E-state index in [0.717, 1.165) is 36.3 Å². The number of hydrogen-bond donors (Lipinski definition) is 1. The van der Waals surface area contributed by atoms with Gasteiger partial charge in [0, 0.05) is 12.5 Å². The van der Waals surface area contributed by atoms with Crippen molar-refractivity contribution in [3.05, 3.63) is 28.2 Å². The van der Waals surface area contributed by atoms with Crippen LogP contribution in [0, 0.1) is 5.92 Å². The van der Waals surface area contributed by atoms with Crippen LogP contribution in [0.5, 0.6) is 5.75 Å². The summed E-state index contributed by atoms with van der Waals surface area (Å²) in [5.41, 5.74) is 1.33. The predicted octanol–water partition coefficient (Wildman–Crippen LogP) is 3.00. The van der Waals surface area contributed by atoms with Crippen molar-refractivity contribution >= 4 is 15.9 Å². The molecule has 1 atom stereocenters. The van der Waals surface area contributed by atoms with E-state index in [-0.39, 0.29) is 0 Å². The molecule has 0 aromatic heterocycles. The Morgan fingerprint density at radius 2 is 2.38 bits per heavy atom. The molecule has 0 saturated carbocycles. The van der Waals surface area contributed by atoms with Crippen molar-refractivity contribution in [1.82, 2.24) is 5.32 Å². The van der Waals surface area contributed by atoms with Gasteiger partial charge in [0.25, 0.3) is 0 Å². The summed E-state index contributed by atoms with van der Waals surface area (Å²) in [4.78, 5) is 0. The van der Waals surface area contributed by atoms with Gasteiger partial charge in [-0.3, -0.25) is 0 Å². The van der Waals surface area contributed by atoms with Gasteiger partial charge in [-0.2, -0.15) is 0 Å². The topological polar surface area (TPSA) is 21.3 Å². The summed E-state index contributed by atoms with van der Waals surface area (Å²) in [6.45, 7) is 5.19. The highest BCUT2D eigenvalue weighted by atomic mass is 79.9. The Morgan fingerprint density at radius 3 is 3.00 bits per heavy atom. The van der Waals surface area contributed by atoms with E-state index in [1.807, 2.05) is 0 Å². The highest BCUT2D eigenvalue weighted by Crippen LogP contribution is 2.27. The van der Waals surface area contributed by atoms with Gasteiger partial charge < -0.3 is 10.1 Å². The molecule has 1 saturated heterocycles. The average molecular weight is 284 g/mol. The number of rotatable bonds is 4. The fraction of sp³-hybridized carbons (Fsp3) is 0.538. The maximum Gasteiger partial charge on any atom is 0.133 e. The number of aryl methyl sites for hydroxylation is 1. The summed E-state index contributed by atoms with van der Waals surface area (Å²) in [6, 6.07) is 6.33. The molecule has 1 aromatic carbocycles. The third-order valence-electron chi connectivity index (χ3n) is 3.04. The molecule has 0 bridgehead atoms. The first kappa shape index (κ1) is 11.9. The predicted molar refractivity (Wildman–Crippen MR) is 70.0 cm³/mol. The van der Waals surface area contributed by atoms with Gasteiger partial charge in [-0.15, -0.1) is 0 Å². The SMILES string of the molecule is CCc1ccc(OC[C@H]2CCNC2)c(Br)c1. The van der Waals surface area contributed by atoms with Crippen LogP contribution in [0.4, 0.5) is 0 Å². The highest BCUT2D eigenvalue weighted by Gasteiger charge is 2.15. The number of hydrogen-bond acceptors (Lipinski definition) is 2. The van der Waals surface area contributed by atoms with Gasteiger partial charge in [-0.25, -0.2) is 0 Å². The van der Waals surface area contributed by atoms with E-state index >= 15 is 0 Å². The number of ether oxygens (including phenoxy) is 1. The smallest absolute Gasteiger partial charge is 0.133 e. The van der Waals surface area contributed by atoms with Crippen LogP contribution in [0.25, 0.3) is 0 Å². The first-order chi connectivity index (χ1) is 7.79. The minimum Gasteiger partial charge on any atom is -0.492 e. The fourth-order valence-electron chi connectivity index (χ4n) is 1.95. The third-order valence-corrected chi connectivity index (χ3v) is 3.66. The van der Waals surface area contributed by atoms with Crippen LogP contribution in [0.1, 0.15) is 18.9 Å². The van der Waals surface area contributed by atoms with Crippen LogP contribution in [-0.4, -0.2) is 19.7 Å². The highest BCUT2D eigenvalue weighted by molar-refractivity contribution is 9.10. The number of benzene rings is 1. The average Bonchev–Trinajstić information content (AvgIpc) is 2.80. The van der Waals surface area contributed by atoms with Crippen molar-refractivity contribution in [3.63, 3.8) is 0 Å². The Bertz CT molecular complexity index is 348. The van der Waals surface area contributed by atoms with Gasteiger partial charge in [0.15, 0.2) is 0 Å². The van der Waals surface area contributed by atoms with Crippen LogP contribution in [0.15, 0.2) is 22.7 Å². The molecule has 0 spiro atoms. The molecule has 1 heterocycles. The lowest BCUT2D eigenvalue weighted by atomic mass is 10.1. The molecule has 0 amide bonds. The van der Waals surface area contributed by atoms with Gasteiger partial charge in [0.05, 0.1) is 11.1 Å². The molecule has 2 rings (SSSR count). The summed E-state index contributed by atoms with van der Waals surface area (Å²) < 4.78 is 6.90. The molecule has 3 heteroatoms. The minimum absolute atomic E-state index is 0.665. The quantitative estimate of drug-likeness (QED) is 0.917. The third kappa shape index (κ3) is 2.98. The summed E-state index contributed by atoms with van der Waals surface area (Å²) in [5.74, 6) is 1.63. The van der Waals surface area contributed by atoms with Gasteiger partial charge in [-0.1, -0.05) is 13.0 Å². The lowest BCUT2D eigenvalue weighted by Crippen LogP contribution is -2.15. The van der Waals surface area contributed by atoms with Gasteiger partial charge in [0.1, 0.15) is 5.75 Å². The van der Waals surface area contributed by atoms with Gasteiger partial charge in [0.2, 0.25) is 0 Å². The lowest BCUT2D eigenvalue weighted by molar-refractivity contribution is 0.258. The van der Waals surface area contributed by atoms with Crippen LogP contribution in [-0.2, 0) is 6.42 Å². The first-order valence-electron chi connectivity index (χ1n) is 5.91. The number of nitrogens with one attached hydrogen (secondary N) is 1. The molecule has 1 fully saturated rings. The van der Waals surface area contributed by atoms with E-state index in [2.05, 4.69) is 46.4 Å². The molecule has 0 unspecified atom stereocenters. The van der Waals surface area contributed by atoms with Gasteiger partial charge in [-0.05, 0) is 53.0 Å². The van der Waals surface area contributed by atoms with Crippen LogP contribution >= 0.6 is 15.9 Å². The monoisotopic (exact) mass is 283 g/mol. The molecular formula is C13H18BrNO. The standard InChI is InChI=1S/C13H18BrNO/c1-2-10-3-4-13(12(14)7-10)16-9-11-5-6-15-8-11/h3-4,7,11,15H,2,5-6,8-9H2,1H3/t11-/m0/s1. The Kier molecular flexibility index (Phi) is 4.24. The molecule has 1 aliphatic heterocycles. The summed E-state index contributed by atoms with van der Waals surface area (Å²) >= 11 is 3.56. The maximum absolute atomic E-state index is 5.83. The minimum atomic E-state index is 0.665. The Morgan fingerprint density at radius 1 is 1.50 bits per heavy atom. The van der Waals surface area contributed by atoms with Crippen LogP contribution in [0.2, 0.25) is 0 Å². The Labute approximate surface area is 106 Å². The van der Waals surface area contributed by atoms with Crippen molar-refractivity contribution in [1.29, 1.82) is 0 Å². The molecule has 88 valence electrons. The van der Waals surface area contributed by atoms with Crippen molar-refractivity contribution in [3.8, 4) is 5.75 Å². The second-order valence-electron chi connectivity index (χ2n) is 4.29. The summed E-state index contributed by atoms with van der Waals surface area (Å²) in [5, 5.41) is 3.35. The van der Waals surface area contributed by atoms with Crippen molar-refractivity contribution in [2.75, 3.05) is 19.7 Å². The van der Waals surface area contributed by atoms with Crippen LogP contribution in [0.3, 0.4) is 0 Å². The van der Waals surface area contributed by atoms with E-state index in [9.17, 15) is 0 Å². The zero-order chi connectivity index (χ0) is 11.4. The molecule has 0 aliphatic carbocycles. The van der Waals surface area contributed by atoms with E-state index in [0.29, 0.717) is 5.92 Å². The molecule has 1 N–H and O–H groups in total. The van der Waals surface area contributed by atoms with E-state index in [1.165, 1.54) is 12.0 Å². The molecule has 2 nitrogen and oxygen atoms in total. The Hall–Kier alpha value is -0.540. The second kappa shape index (κ2) is 5.69. The first-order valence-corrected chi connectivity index (χ1v) is 6.71. The second-order valence-corrected chi connectivity index (χ2v) is 5.14. The largest absolute Gasteiger partial charge is 0.492 e. The fourth-order valence-corrected chi connectivity index (χ4v) is 2.49. The molecular weight excluding hydrogens is 266 g/mol.